The van der Waals surface area contributed by atoms with Gasteiger partial charge in [-0.05, 0) is 187 Å². The number of anilines is 8. The average molecular weight is 984 g/mol. The van der Waals surface area contributed by atoms with E-state index in [4.69, 9.17) is 0 Å². The molecular weight excluding hydrogens is 918 g/mol. The minimum absolute atomic E-state index is 0.0273. The normalized spacial score (nSPS) is 33.4. The monoisotopic (exact) mass is 984 g/mol. The number of nitrogens with zero attached hydrogens (tertiary/aromatic N) is 3. The fraction of sp³-hybridized carbons (Fsp3) is 0.333. The maximum absolute atomic E-state index is 2.83. The summed E-state index contributed by atoms with van der Waals surface area (Å²) in [7, 11) is 0. The molecule has 0 bridgehead atoms. The molecule has 3 nitrogen and oxygen atoms in total. The van der Waals surface area contributed by atoms with Gasteiger partial charge in [-0.2, -0.15) is 0 Å². The van der Waals surface area contributed by atoms with Crippen molar-refractivity contribution in [1.29, 1.82) is 0 Å². The Morgan fingerprint density at radius 2 is 1.08 bits per heavy atom. The lowest BCUT2D eigenvalue weighted by molar-refractivity contribution is 0.00736. The molecule has 7 aromatic rings. The molecule has 76 heavy (non-hydrogen) atoms. The average Bonchev–Trinajstić information content (AvgIpc) is 3.81. The van der Waals surface area contributed by atoms with Gasteiger partial charge in [0.15, 0.2) is 0 Å². The van der Waals surface area contributed by atoms with Gasteiger partial charge in [0.25, 0.3) is 6.71 Å². The Morgan fingerprint density at radius 3 is 1.71 bits per heavy atom. The van der Waals surface area contributed by atoms with Crippen LogP contribution in [0, 0.1) is 29.6 Å². The molecule has 11 aliphatic rings. The smallest absolute Gasteiger partial charge is 0.252 e. The van der Waals surface area contributed by atoms with Crippen LogP contribution in [-0.4, -0.2) is 12.3 Å². The largest absolute Gasteiger partial charge is 0.334 e. The summed E-state index contributed by atoms with van der Waals surface area (Å²) in [5.74, 6) is 4.15. The molecule has 0 amide bonds. The summed E-state index contributed by atoms with van der Waals surface area (Å²) >= 11 is 0. The van der Waals surface area contributed by atoms with E-state index >= 15 is 0 Å². The van der Waals surface area contributed by atoms with Crippen molar-refractivity contribution in [2.24, 2.45) is 29.6 Å². The van der Waals surface area contributed by atoms with Crippen LogP contribution in [-0.2, 0) is 21.7 Å². The summed E-state index contributed by atoms with van der Waals surface area (Å²) in [6.45, 7) is 12.8. The molecule has 7 aromatic carbocycles. The van der Waals surface area contributed by atoms with Gasteiger partial charge in [0.1, 0.15) is 0 Å². The van der Waals surface area contributed by atoms with Gasteiger partial charge >= 0.3 is 0 Å². The van der Waals surface area contributed by atoms with E-state index < -0.39 is 5.41 Å². The van der Waals surface area contributed by atoms with Gasteiger partial charge in [-0.25, -0.2) is 0 Å². The van der Waals surface area contributed by atoms with Crippen LogP contribution < -0.4 is 31.1 Å². The summed E-state index contributed by atoms with van der Waals surface area (Å²) in [4.78, 5) is 8.24. The van der Waals surface area contributed by atoms with Gasteiger partial charge in [0, 0.05) is 73.1 Å². The van der Waals surface area contributed by atoms with Crippen LogP contribution in [0.15, 0.2) is 187 Å². The topological polar surface area (TPSA) is 9.72 Å². The SMILES string of the molecule is CC1(c2ccc(N3c4cc(N5c6ccccc6C6(C)CCCCC56C)cc5c4B4c6c3cccc6C(C)(c3ccccc3)c3cccc(c34)N5c3ccc(C4(C)C=C5CC6CC(C4)C56)cc3)cc2)C=C2CC3=CC(C1)C32. The minimum Gasteiger partial charge on any atom is -0.334 e. The second kappa shape index (κ2) is 14.2. The summed E-state index contributed by atoms with van der Waals surface area (Å²) in [6.07, 6.45) is 19.2. The van der Waals surface area contributed by atoms with Crippen LogP contribution in [0.5, 0.6) is 0 Å². The highest BCUT2D eigenvalue weighted by Crippen LogP contribution is 2.66. The van der Waals surface area contributed by atoms with Gasteiger partial charge in [-0.3, -0.25) is 0 Å². The zero-order valence-electron chi connectivity index (χ0n) is 44.8. The van der Waals surface area contributed by atoms with Gasteiger partial charge in [-0.15, -0.1) is 0 Å². The molecule has 4 heteroatoms. The molecule has 7 aliphatic carbocycles. The molecule has 10 atom stereocenters. The molecule has 4 fully saturated rings. The number of hydrogen-bond acceptors (Lipinski definition) is 3. The Labute approximate surface area is 450 Å². The molecule has 4 aliphatic heterocycles. The van der Waals surface area contributed by atoms with Crippen LogP contribution in [0.1, 0.15) is 126 Å². The molecule has 18 rings (SSSR count). The Morgan fingerprint density at radius 1 is 0.487 bits per heavy atom. The lowest BCUT2D eigenvalue weighted by Crippen LogP contribution is -2.67. The van der Waals surface area contributed by atoms with E-state index in [0.29, 0.717) is 5.92 Å². The third-order valence-corrected chi connectivity index (χ3v) is 23.4. The molecule has 0 aromatic heterocycles. The fourth-order valence-electron chi connectivity index (χ4n) is 19.5. The summed E-state index contributed by atoms with van der Waals surface area (Å²) in [6, 6.07) is 60.7. The minimum atomic E-state index is -0.394. The third-order valence-electron chi connectivity index (χ3n) is 23.4. The van der Waals surface area contributed by atoms with Gasteiger partial charge in [0.2, 0.25) is 0 Å². The molecule has 0 radical (unpaired) electrons. The second-order valence-corrected chi connectivity index (χ2v) is 27.0. The van der Waals surface area contributed by atoms with Crippen molar-refractivity contribution in [3.8, 4) is 0 Å². The van der Waals surface area contributed by atoms with Crippen molar-refractivity contribution in [3.63, 3.8) is 0 Å². The van der Waals surface area contributed by atoms with Crippen molar-refractivity contribution in [3.05, 3.63) is 220 Å². The van der Waals surface area contributed by atoms with Crippen molar-refractivity contribution in [1.82, 2.24) is 0 Å². The number of hydrogen-bond donors (Lipinski definition) is 0. The number of rotatable bonds is 6. The number of allylic oxidation sites excluding steroid dienone is 6. The van der Waals surface area contributed by atoms with Crippen LogP contribution >= 0.6 is 0 Å². The maximum Gasteiger partial charge on any atom is 0.252 e. The summed E-state index contributed by atoms with van der Waals surface area (Å²) < 4.78 is 0. The van der Waals surface area contributed by atoms with E-state index in [-0.39, 0.29) is 28.5 Å². The number of para-hydroxylation sites is 1. The highest BCUT2D eigenvalue weighted by atomic mass is 15.3. The quantitative estimate of drug-likeness (QED) is 0.121. The van der Waals surface area contributed by atoms with Crippen LogP contribution in [0.4, 0.5) is 45.5 Å². The second-order valence-electron chi connectivity index (χ2n) is 27.0. The number of fused-ring (bicyclic) bond motifs is 3. The summed E-state index contributed by atoms with van der Waals surface area (Å²) in [5.41, 5.74) is 28.0. The highest BCUT2D eigenvalue weighted by molar-refractivity contribution is 7.01. The van der Waals surface area contributed by atoms with E-state index in [1.807, 2.05) is 0 Å². The molecule has 10 unspecified atom stereocenters. The van der Waals surface area contributed by atoms with E-state index in [2.05, 4.69) is 219 Å². The van der Waals surface area contributed by atoms with Gasteiger partial charge in [0.05, 0.1) is 5.54 Å². The van der Waals surface area contributed by atoms with Crippen LogP contribution in [0.2, 0.25) is 0 Å². The predicted octanol–water partition coefficient (Wildman–Crippen LogP) is 15.6. The van der Waals surface area contributed by atoms with E-state index in [0.717, 1.165) is 30.1 Å². The molecule has 0 spiro atoms. The molecule has 0 N–H and O–H groups in total. The molecule has 4 saturated carbocycles. The van der Waals surface area contributed by atoms with Crippen molar-refractivity contribution in [2.45, 2.75) is 120 Å². The Kier molecular flexibility index (Phi) is 8.11. The van der Waals surface area contributed by atoms with E-state index in [1.54, 1.807) is 16.7 Å². The summed E-state index contributed by atoms with van der Waals surface area (Å²) in [5, 5.41) is 0. The number of benzene rings is 7. The highest BCUT2D eigenvalue weighted by Gasteiger charge is 2.60. The molecule has 4 heterocycles. The molecule has 372 valence electrons. The zero-order valence-corrected chi connectivity index (χ0v) is 44.8. The van der Waals surface area contributed by atoms with E-state index in [1.165, 1.54) is 147 Å². The first-order valence-electron chi connectivity index (χ1n) is 29.3. The Bertz CT molecular complexity index is 3720. The first-order valence-corrected chi connectivity index (χ1v) is 29.3. The standard InChI is InChI=1S/C72H66BN3/c1-68(39-45-33-43-34-46(40-68)63(43)45)49-23-27-52(28-24-49)74-59-21-13-18-56-65(59)73-66-57(72(56,5)51-15-7-6-8-16-51)19-14-22-60(66)75(53-29-25-50(26-30-53)69(2)41-47-35-44-36-48(42-69)64(44)47)62-38-54(37-61(74)67(62)73)76-58-20-10-9-17-55(58)70(3)31-11-12-32-71(70,76)4/h6-10,13-30,33,37-38,40-41,44-45,48,63-64H,11-12,31-32,34-36,39,42H2,1-5H3. The lowest BCUT2D eigenvalue weighted by atomic mass is 9.28. The first-order chi connectivity index (χ1) is 37.0. The fourth-order valence-corrected chi connectivity index (χ4v) is 19.5. The van der Waals surface area contributed by atoms with Crippen LogP contribution in [0.3, 0.4) is 0 Å². The predicted molar refractivity (Wildman–Crippen MR) is 315 cm³/mol. The van der Waals surface area contributed by atoms with Crippen molar-refractivity contribution < 1.29 is 0 Å². The first kappa shape index (κ1) is 43.3. The Hall–Kier alpha value is -6.78. The van der Waals surface area contributed by atoms with Crippen molar-refractivity contribution in [2.75, 3.05) is 14.7 Å². The van der Waals surface area contributed by atoms with Crippen molar-refractivity contribution >= 4 is 68.6 Å². The molecular formula is C72H66BN3. The van der Waals surface area contributed by atoms with E-state index in [9.17, 15) is 0 Å². The lowest BCUT2D eigenvalue weighted by Gasteiger charge is -2.60. The molecule has 0 saturated heterocycles. The Balaban J connectivity index is 0.896. The van der Waals surface area contributed by atoms with Crippen LogP contribution in [0.25, 0.3) is 0 Å². The maximum atomic E-state index is 2.83. The third kappa shape index (κ3) is 5.11. The van der Waals surface area contributed by atoms with Gasteiger partial charge in [-0.1, -0.05) is 166 Å². The van der Waals surface area contributed by atoms with Gasteiger partial charge < -0.3 is 14.7 Å². The zero-order chi connectivity index (χ0) is 50.4.